The molecular formula is C15H22FN3O2. The molecule has 3 N–H and O–H groups in total. The van der Waals surface area contributed by atoms with E-state index in [9.17, 15) is 9.18 Å². The Labute approximate surface area is 124 Å². The highest BCUT2D eigenvalue weighted by atomic mass is 19.1. The van der Waals surface area contributed by atoms with Gasteiger partial charge in [0.1, 0.15) is 5.82 Å². The van der Waals surface area contributed by atoms with Gasteiger partial charge in [-0.25, -0.2) is 14.6 Å². The van der Waals surface area contributed by atoms with Crippen molar-refractivity contribution in [3.8, 4) is 0 Å². The predicted octanol–water partition coefficient (Wildman–Crippen LogP) is 2.92. The number of primary amides is 1. The van der Waals surface area contributed by atoms with E-state index in [1.165, 1.54) is 31.2 Å². The number of nitrogens with zero attached hydrogens (tertiary/aromatic N) is 1. The molecule has 1 aromatic rings. The number of nitrogens with one attached hydrogen (secondary N) is 1. The van der Waals surface area contributed by atoms with Crippen molar-refractivity contribution in [3.63, 3.8) is 0 Å². The fraction of sp³-hybridized carbons (Fsp3) is 0.467. The lowest BCUT2D eigenvalue weighted by molar-refractivity contribution is 0.116. The van der Waals surface area contributed by atoms with Gasteiger partial charge in [0.2, 0.25) is 0 Å². The first-order valence-electron chi connectivity index (χ1n) is 7.08. The molecule has 1 aromatic carbocycles. The second-order valence-electron chi connectivity index (χ2n) is 4.69. The van der Waals surface area contributed by atoms with E-state index in [1.54, 1.807) is 6.07 Å². The highest BCUT2D eigenvalue weighted by Gasteiger charge is 2.03. The molecule has 0 aromatic heterocycles. The van der Waals surface area contributed by atoms with Crippen LogP contribution in [0.4, 0.5) is 9.18 Å². The van der Waals surface area contributed by atoms with Crippen molar-refractivity contribution in [1.29, 1.82) is 0 Å². The summed E-state index contributed by atoms with van der Waals surface area (Å²) < 4.78 is 18.8. The maximum atomic E-state index is 13.3. The topological polar surface area (TPSA) is 76.7 Å². The lowest BCUT2D eigenvalue weighted by atomic mass is 10.1. The third-order valence-electron chi connectivity index (χ3n) is 2.88. The Morgan fingerprint density at radius 3 is 2.95 bits per heavy atom. The number of ether oxygens (including phenoxy) is 1. The molecule has 0 saturated carbocycles. The fourth-order valence-corrected chi connectivity index (χ4v) is 1.80. The van der Waals surface area contributed by atoms with E-state index in [-0.39, 0.29) is 5.82 Å². The Hall–Kier alpha value is -1.95. The molecule has 0 fully saturated rings. The Morgan fingerprint density at radius 2 is 2.24 bits per heavy atom. The summed E-state index contributed by atoms with van der Waals surface area (Å²) in [6.07, 6.45) is 5.92. The summed E-state index contributed by atoms with van der Waals surface area (Å²) in [5.41, 5.74) is 8.37. The Balaban J connectivity index is 2.52. The molecule has 0 atom stereocenters. The normalized spacial score (nSPS) is 11.0. The van der Waals surface area contributed by atoms with E-state index >= 15 is 0 Å². The minimum Gasteiger partial charge on any atom is -0.377 e. The first-order chi connectivity index (χ1) is 10.1. The van der Waals surface area contributed by atoms with Crippen LogP contribution in [0.5, 0.6) is 0 Å². The maximum Gasteiger partial charge on any atom is 0.332 e. The molecule has 21 heavy (non-hydrogen) atoms. The number of urea groups is 1. The van der Waals surface area contributed by atoms with E-state index in [4.69, 9.17) is 10.5 Å². The van der Waals surface area contributed by atoms with Crippen molar-refractivity contribution in [2.24, 2.45) is 10.8 Å². The van der Waals surface area contributed by atoms with Gasteiger partial charge in [-0.3, -0.25) is 0 Å². The lowest BCUT2D eigenvalue weighted by Crippen LogP contribution is -2.24. The third-order valence-corrected chi connectivity index (χ3v) is 2.88. The van der Waals surface area contributed by atoms with Gasteiger partial charge in [0.25, 0.3) is 0 Å². The van der Waals surface area contributed by atoms with Gasteiger partial charge >= 0.3 is 6.03 Å². The van der Waals surface area contributed by atoms with Crippen molar-refractivity contribution in [2.45, 2.75) is 39.2 Å². The smallest absolute Gasteiger partial charge is 0.332 e. The minimum absolute atomic E-state index is 0.307. The summed E-state index contributed by atoms with van der Waals surface area (Å²) in [5.74, 6) is -0.334. The number of halogens is 1. The van der Waals surface area contributed by atoms with Crippen LogP contribution in [0, 0.1) is 5.82 Å². The minimum atomic E-state index is -0.748. The third kappa shape index (κ3) is 7.41. The molecule has 0 spiro atoms. The molecule has 0 saturated heterocycles. The Kier molecular flexibility index (Phi) is 8.04. The van der Waals surface area contributed by atoms with Crippen molar-refractivity contribution in [3.05, 3.63) is 35.1 Å². The maximum absolute atomic E-state index is 13.3. The second-order valence-corrected chi connectivity index (χ2v) is 4.69. The number of carbonyl (C=O) groups excluding carboxylic acids is 1. The SMILES string of the molecule is CCCCCCOCc1cc(F)ccc1C=NNC(N)=O. The van der Waals surface area contributed by atoms with E-state index < -0.39 is 6.03 Å². The zero-order valence-corrected chi connectivity index (χ0v) is 12.3. The van der Waals surface area contributed by atoms with Crippen LogP contribution in [0.25, 0.3) is 0 Å². The van der Waals surface area contributed by atoms with E-state index in [0.29, 0.717) is 24.3 Å². The van der Waals surface area contributed by atoms with Crippen LogP contribution in [-0.4, -0.2) is 18.9 Å². The second kappa shape index (κ2) is 9.88. The number of hydrogen-bond acceptors (Lipinski definition) is 3. The molecule has 0 aliphatic carbocycles. The van der Waals surface area contributed by atoms with Gasteiger partial charge in [0, 0.05) is 12.2 Å². The average Bonchev–Trinajstić information content (AvgIpc) is 2.44. The van der Waals surface area contributed by atoms with Gasteiger partial charge in [-0.2, -0.15) is 5.10 Å². The van der Waals surface area contributed by atoms with Gasteiger partial charge < -0.3 is 10.5 Å². The van der Waals surface area contributed by atoms with Gasteiger partial charge in [-0.1, -0.05) is 32.3 Å². The molecule has 116 valence electrons. The summed E-state index contributed by atoms with van der Waals surface area (Å²) in [5, 5.41) is 3.67. The monoisotopic (exact) mass is 295 g/mol. The number of carbonyl (C=O) groups is 1. The van der Waals surface area contributed by atoms with Crippen molar-refractivity contribution < 1.29 is 13.9 Å². The summed E-state index contributed by atoms with van der Waals surface area (Å²) in [7, 11) is 0. The highest BCUT2D eigenvalue weighted by Crippen LogP contribution is 2.11. The van der Waals surface area contributed by atoms with Gasteiger partial charge in [0.05, 0.1) is 12.8 Å². The average molecular weight is 295 g/mol. The number of hydrogen-bond donors (Lipinski definition) is 2. The van der Waals surface area contributed by atoms with Crippen LogP contribution >= 0.6 is 0 Å². The summed E-state index contributed by atoms with van der Waals surface area (Å²) >= 11 is 0. The summed E-state index contributed by atoms with van der Waals surface area (Å²) in [6, 6.07) is 3.56. The zero-order valence-electron chi connectivity index (χ0n) is 12.3. The quantitative estimate of drug-likeness (QED) is 0.417. The molecule has 0 bridgehead atoms. The van der Waals surface area contributed by atoms with Crippen LogP contribution in [0.2, 0.25) is 0 Å². The van der Waals surface area contributed by atoms with Crippen LogP contribution in [0.1, 0.15) is 43.7 Å². The molecule has 1 rings (SSSR count). The largest absolute Gasteiger partial charge is 0.377 e. The number of amides is 2. The predicted molar refractivity (Wildman–Crippen MR) is 80.5 cm³/mol. The first kappa shape index (κ1) is 17.1. The summed E-state index contributed by atoms with van der Waals surface area (Å²) in [6.45, 7) is 3.10. The number of hydrazone groups is 1. The highest BCUT2D eigenvalue weighted by molar-refractivity contribution is 5.83. The van der Waals surface area contributed by atoms with Gasteiger partial charge in [0.15, 0.2) is 0 Å². The molecule has 0 aliphatic rings. The van der Waals surface area contributed by atoms with Gasteiger partial charge in [-0.05, 0) is 24.1 Å². The fourth-order valence-electron chi connectivity index (χ4n) is 1.80. The van der Waals surface area contributed by atoms with Crippen molar-refractivity contribution in [2.75, 3.05) is 6.61 Å². The number of rotatable bonds is 9. The summed E-state index contributed by atoms with van der Waals surface area (Å²) in [4.78, 5) is 10.5. The molecular weight excluding hydrogens is 273 g/mol. The molecule has 5 nitrogen and oxygen atoms in total. The molecule has 2 amide bonds. The number of benzene rings is 1. The molecule has 0 aliphatic heterocycles. The van der Waals surface area contributed by atoms with E-state index in [2.05, 4.69) is 17.5 Å². The van der Waals surface area contributed by atoms with E-state index in [0.717, 1.165) is 12.8 Å². The number of nitrogens with two attached hydrogens (primary N) is 1. The van der Waals surface area contributed by atoms with Crippen molar-refractivity contribution in [1.82, 2.24) is 5.43 Å². The van der Waals surface area contributed by atoms with Gasteiger partial charge in [-0.15, -0.1) is 0 Å². The van der Waals surface area contributed by atoms with Crippen LogP contribution in [0.3, 0.4) is 0 Å². The molecule has 0 heterocycles. The number of unbranched alkanes of at least 4 members (excludes halogenated alkanes) is 3. The zero-order chi connectivity index (χ0) is 15.5. The lowest BCUT2D eigenvalue weighted by Gasteiger charge is -2.07. The molecule has 0 radical (unpaired) electrons. The van der Waals surface area contributed by atoms with Crippen molar-refractivity contribution >= 4 is 12.2 Å². The standard InChI is InChI=1S/C15H22FN3O2/c1-2-3-4-5-8-21-11-13-9-14(16)7-6-12(13)10-18-19-15(17)20/h6-7,9-10H,2-5,8,11H2,1H3,(H3,17,19,20). The Bertz CT molecular complexity index is 478. The van der Waals surface area contributed by atoms with Crippen LogP contribution in [0.15, 0.2) is 23.3 Å². The Morgan fingerprint density at radius 1 is 1.43 bits per heavy atom. The molecule has 0 unspecified atom stereocenters. The van der Waals surface area contributed by atoms with Crippen LogP contribution in [-0.2, 0) is 11.3 Å². The van der Waals surface area contributed by atoms with Crippen LogP contribution < -0.4 is 11.2 Å². The van der Waals surface area contributed by atoms with E-state index in [1.807, 2.05) is 0 Å². The first-order valence-corrected chi connectivity index (χ1v) is 7.08. The molecule has 6 heteroatoms.